The quantitative estimate of drug-likeness (QED) is 0.407. The summed E-state index contributed by atoms with van der Waals surface area (Å²) in [4.78, 5) is 7.47. The summed E-state index contributed by atoms with van der Waals surface area (Å²) in [6.45, 7) is 8.33. The van der Waals surface area contributed by atoms with Crippen molar-refractivity contribution in [1.29, 1.82) is 0 Å². The Labute approximate surface area is 164 Å². The average Bonchev–Trinajstić information content (AvgIpc) is 3.33. The molecule has 4 fully saturated rings. The summed E-state index contributed by atoms with van der Waals surface area (Å²) in [6, 6.07) is 0. The summed E-state index contributed by atoms with van der Waals surface area (Å²) in [5.41, 5.74) is 0.417. The number of nitrogens with one attached hydrogen (secondary N) is 1. The summed E-state index contributed by atoms with van der Waals surface area (Å²) in [5, 5.41) is 3.53. The van der Waals surface area contributed by atoms with Gasteiger partial charge in [0.05, 0.1) is 6.61 Å². The van der Waals surface area contributed by atoms with Gasteiger partial charge in [-0.05, 0) is 63.2 Å². The van der Waals surface area contributed by atoms with Crippen molar-refractivity contribution in [2.75, 3.05) is 39.4 Å². The highest BCUT2D eigenvalue weighted by molar-refractivity contribution is 14.0. The van der Waals surface area contributed by atoms with Crippen molar-refractivity contribution >= 4 is 29.9 Å². The molecule has 24 heavy (non-hydrogen) atoms. The van der Waals surface area contributed by atoms with Crippen LogP contribution < -0.4 is 5.32 Å². The molecule has 1 N–H and O–H groups in total. The van der Waals surface area contributed by atoms with Crippen molar-refractivity contribution in [3.05, 3.63) is 0 Å². The Balaban J connectivity index is 0.00000169. The van der Waals surface area contributed by atoms with Crippen LogP contribution in [0.2, 0.25) is 0 Å². The molecular formula is C19H34IN3O. The zero-order valence-corrected chi connectivity index (χ0v) is 17.5. The van der Waals surface area contributed by atoms with Crippen LogP contribution in [-0.2, 0) is 4.74 Å². The first kappa shape index (κ1) is 18.7. The van der Waals surface area contributed by atoms with Gasteiger partial charge in [-0.2, -0.15) is 0 Å². The molecule has 0 aromatic carbocycles. The number of rotatable bonds is 4. The highest BCUT2D eigenvalue weighted by Gasteiger charge is 2.42. The Hall–Kier alpha value is -0.0400. The molecule has 138 valence electrons. The number of fused-ring (bicyclic) bond motifs is 2. The minimum absolute atomic E-state index is 0. The monoisotopic (exact) mass is 447 g/mol. The number of likely N-dealkylation sites (tertiary alicyclic amines) is 1. The molecule has 0 aromatic heterocycles. The Morgan fingerprint density at radius 3 is 2.88 bits per heavy atom. The van der Waals surface area contributed by atoms with E-state index in [4.69, 9.17) is 9.73 Å². The molecule has 0 amide bonds. The van der Waals surface area contributed by atoms with Gasteiger partial charge in [-0.15, -0.1) is 24.0 Å². The van der Waals surface area contributed by atoms with Gasteiger partial charge < -0.3 is 15.0 Å². The van der Waals surface area contributed by atoms with Gasteiger partial charge in [-0.3, -0.25) is 4.99 Å². The van der Waals surface area contributed by atoms with E-state index in [1.807, 2.05) is 0 Å². The summed E-state index contributed by atoms with van der Waals surface area (Å²) in [7, 11) is 0. The molecule has 1 spiro atoms. The normalized spacial score (nSPS) is 38.1. The van der Waals surface area contributed by atoms with Crippen LogP contribution >= 0.6 is 24.0 Å². The molecule has 2 heterocycles. The van der Waals surface area contributed by atoms with Crippen LogP contribution in [0, 0.1) is 23.2 Å². The lowest BCUT2D eigenvalue weighted by atomic mass is 9.86. The summed E-state index contributed by atoms with van der Waals surface area (Å²) >= 11 is 0. The molecule has 0 radical (unpaired) electrons. The summed E-state index contributed by atoms with van der Waals surface area (Å²) in [5.74, 6) is 4.21. The summed E-state index contributed by atoms with van der Waals surface area (Å²) in [6.07, 6.45) is 9.80. The smallest absolute Gasteiger partial charge is 0.193 e. The number of hydrogen-bond donors (Lipinski definition) is 1. The second-order valence-electron chi connectivity index (χ2n) is 8.43. The van der Waals surface area contributed by atoms with Gasteiger partial charge in [0.2, 0.25) is 0 Å². The van der Waals surface area contributed by atoms with Crippen molar-refractivity contribution in [1.82, 2.24) is 10.2 Å². The van der Waals surface area contributed by atoms with Crippen molar-refractivity contribution in [2.24, 2.45) is 28.2 Å². The van der Waals surface area contributed by atoms with Crippen molar-refractivity contribution < 1.29 is 4.74 Å². The molecule has 4 aliphatic rings. The lowest BCUT2D eigenvalue weighted by Gasteiger charge is -2.25. The van der Waals surface area contributed by atoms with Crippen molar-refractivity contribution in [2.45, 2.75) is 51.9 Å². The van der Waals surface area contributed by atoms with Crippen molar-refractivity contribution in [3.8, 4) is 0 Å². The molecule has 4 unspecified atom stereocenters. The second kappa shape index (κ2) is 8.11. The molecular weight excluding hydrogens is 413 g/mol. The molecule has 4 atom stereocenters. The minimum Gasteiger partial charge on any atom is -0.381 e. The van der Waals surface area contributed by atoms with Gasteiger partial charge in [0.1, 0.15) is 0 Å². The summed E-state index contributed by atoms with van der Waals surface area (Å²) < 4.78 is 5.66. The molecule has 2 saturated carbocycles. The van der Waals surface area contributed by atoms with Crippen LogP contribution in [0.3, 0.4) is 0 Å². The standard InChI is InChI=1S/C19H33N3O.HI/c1-2-20-18(22-9-6-19(13-22)7-10-23-14-19)21-8-5-17-12-15-3-4-16(17)11-15;/h15-17H,2-14H2,1H3,(H,20,21);1H. The lowest BCUT2D eigenvalue weighted by Crippen LogP contribution is -2.41. The van der Waals surface area contributed by atoms with Gasteiger partial charge in [-0.1, -0.05) is 6.42 Å². The highest BCUT2D eigenvalue weighted by atomic mass is 127. The molecule has 2 aliphatic carbocycles. The van der Waals surface area contributed by atoms with E-state index in [9.17, 15) is 0 Å². The van der Waals surface area contributed by atoms with Gasteiger partial charge in [0.15, 0.2) is 5.96 Å². The number of ether oxygens (including phenoxy) is 1. The number of halogens is 1. The Bertz CT molecular complexity index is 450. The average molecular weight is 447 g/mol. The van der Waals surface area contributed by atoms with Crippen LogP contribution in [0.4, 0.5) is 0 Å². The topological polar surface area (TPSA) is 36.9 Å². The predicted molar refractivity (Wildman–Crippen MR) is 109 cm³/mol. The Kier molecular flexibility index (Phi) is 6.33. The Morgan fingerprint density at radius 2 is 2.21 bits per heavy atom. The number of hydrogen-bond acceptors (Lipinski definition) is 2. The van der Waals surface area contributed by atoms with E-state index in [0.29, 0.717) is 5.41 Å². The third kappa shape index (κ3) is 3.87. The molecule has 2 bridgehead atoms. The van der Waals surface area contributed by atoms with Gasteiger partial charge >= 0.3 is 0 Å². The maximum atomic E-state index is 5.66. The van der Waals surface area contributed by atoms with Crippen LogP contribution in [0.1, 0.15) is 51.9 Å². The van der Waals surface area contributed by atoms with E-state index >= 15 is 0 Å². The lowest BCUT2D eigenvalue weighted by molar-refractivity contribution is 0.156. The minimum atomic E-state index is 0. The fourth-order valence-electron chi connectivity index (χ4n) is 5.58. The van der Waals surface area contributed by atoms with Gasteiger partial charge in [0.25, 0.3) is 0 Å². The molecule has 4 rings (SSSR count). The Morgan fingerprint density at radius 1 is 1.29 bits per heavy atom. The molecule has 0 aromatic rings. The molecule has 5 heteroatoms. The fraction of sp³-hybridized carbons (Fsp3) is 0.947. The van der Waals surface area contributed by atoms with E-state index < -0.39 is 0 Å². The molecule has 2 saturated heterocycles. The third-order valence-corrected chi connectivity index (χ3v) is 6.90. The van der Waals surface area contributed by atoms with Crippen LogP contribution in [0.25, 0.3) is 0 Å². The van der Waals surface area contributed by atoms with Crippen LogP contribution in [-0.4, -0.2) is 50.3 Å². The largest absolute Gasteiger partial charge is 0.381 e. The first-order chi connectivity index (χ1) is 11.3. The molecule has 4 nitrogen and oxygen atoms in total. The van der Waals surface area contributed by atoms with E-state index in [1.54, 1.807) is 0 Å². The zero-order valence-electron chi connectivity index (χ0n) is 15.1. The van der Waals surface area contributed by atoms with E-state index in [-0.39, 0.29) is 24.0 Å². The second-order valence-corrected chi connectivity index (χ2v) is 8.43. The van der Waals surface area contributed by atoms with E-state index in [0.717, 1.165) is 63.1 Å². The van der Waals surface area contributed by atoms with E-state index in [1.165, 1.54) is 44.9 Å². The number of aliphatic imine (C=N–C) groups is 1. The van der Waals surface area contributed by atoms with Gasteiger partial charge in [-0.25, -0.2) is 0 Å². The van der Waals surface area contributed by atoms with Crippen molar-refractivity contribution in [3.63, 3.8) is 0 Å². The maximum Gasteiger partial charge on any atom is 0.193 e. The first-order valence-corrected chi connectivity index (χ1v) is 9.89. The third-order valence-electron chi connectivity index (χ3n) is 6.90. The first-order valence-electron chi connectivity index (χ1n) is 9.89. The molecule has 2 aliphatic heterocycles. The SMILES string of the molecule is CCNC(=NCCC1CC2CCC1C2)N1CCC2(CCOC2)C1.I. The fourth-order valence-corrected chi connectivity index (χ4v) is 5.58. The van der Waals surface area contributed by atoms with Crippen LogP contribution in [0.5, 0.6) is 0 Å². The maximum absolute atomic E-state index is 5.66. The number of guanidine groups is 1. The van der Waals surface area contributed by atoms with E-state index in [2.05, 4.69) is 17.1 Å². The van der Waals surface area contributed by atoms with Crippen LogP contribution in [0.15, 0.2) is 4.99 Å². The zero-order chi connectivity index (χ0) is 15.7. The predicted octanol–water partition coefficient (Wildman–Crippen LogP) is 3.51. The highest BCUT2D eigenvalue weighted by Crippen LogP contribution is 2.49. The number of nitrogens with zero attached hydrogens (tertiary/aromatic N) is 2. The van der Waals surface area contributed by atoms with Gasteiger partial charge in [0, 0.05) is 38.2 Å².